The van der Waals surface area contributed by atoms with E-state index in [1.165, 1.54) is 0 Å². The van der Waals surface area contributed by atoms with Gasteiger partial charge in [-0.1, -0.05) is 25.1 Å². The van der Waals surface area contributed by atoms with E-state index in [2.05, 4.69) is 23.4 Å². The van der Waals surface area contributed by atoms with Crippen LogP contribution < -0.4 is 10.1 Å². The van der Waals surface area contributed by atoms with E-state index in [-0.39, 0.29) is 6.04 Å². The van der Waals surface area contributed by atoms with Crippen LogP contribution >= 0.6 is 0 Å². The summed E-state index contributed by atoms with van der Waals surface area (Å²) in [7, 11) is 3.67. The second kappa shape index (κ2) is 6.38. The van der Waals surface area contributed by atoms with Crippen LogP contribution in [0.3, 0.4) is 0 Å². The van der Waals surface area contributed by atoms with Crippen LogP contribution in [-0.2, 0) is 7.05 Å². The second-order valence-electron chi connectivity index (χ2n) is 4.51. The molecule has 0 aliphatic heterocycles. The number of aromatic nitrogens is 2. The van der Waals surface area contributed by atoms with E-state index in [1.807, 2.05) is 42.2 Å². The summed E-state index contributed by atoms with van der Waals surface area (Å²) in [6.07, 6.45) is 2.91. The predicted octanol–water partition coefficient (Wildman–Crippen LogP) is 2.52. The third-order valence-corrected chi connectivity index (χ3v) is 3.20. The molecule has 2 rings (SSSR count). The van der Waals surface area contributed by atoms with E-state index < -0.39 is 0 Å². The fourth-order valence-corrected chi connectivity index (χ4v) is 2.23. The predicted molar refractivity (Wildman–Crippen MR) is 76.3 cm³/mol. The van der Waals surface area contributed by atoms with Crippen LogP contribution in [0.1, 0.15) is 30.6 Å². The fraction of sp³-hybridized carbons (Fsp3) is 0.400. The number of nitrogens with zero attached hydrogens (tertiary/aromatic N) is 2. The van der Waals surface area contributed by atoms with E-state index in [9.17, 15) is 0 Å². The molecule has 1 unspecified atom stereocenters. The van der Waals surface area contributed by atoms with E-state index in [0.717, 1.165) is 30.0 Å². The summed E-state index contributed by atoms with van der Waals surface area (Å²) in [5.41, 5.74) is 2.28. The summed E-state index contributed by atoms with van der Waals surface area (Å²) in [5, 5.41) is 7.83. The quantitative estimate of drug-likeness (QED) is 0.866. The molecule has 0 radical (unpaired) electrons. The Morgan fingerprint density at radius 1 is 1.32 bits per heavy atom. The molecule has 19 heavy (non-hydrogen) atoms. The molecule has 0 bridgehead atoms. The highest BCUT2D eigenvalue weighted by atomic mass is 16.5. The lowest BCUT2D eigenvalue weighted by atomic mass is 10.0. The molecule has 1 atom stereocenters. The zero-order valence-corrected chi connectivity index (χ0v) is 11.8. The van der Waals surface area contributed by atoms with Crippen molar-refractivity contribution in [2.24, 2.45) is 7.05 Å². The SMILES string of the molecule is CCCNC(c1ccccc1OC)c1ccnn1C. The number of hydrogen-bond donors (Lipinski definition) is 1. The third-order valence-electron chi connectivity index (χ3n) is 3.20. The molecule has 1 aromatic heterocycles. The smallest absolute Gasteiger partial charge is 0.124 e. The monoisotopic (exact) mass is 259 g/mol. The van der Waals surface area contributed by atoms with Crippen LogP contribution in [0, 0.1) is 0 Å². The van der Waals surface area contributed by atoms with Crippen molar-refractivity contribution in [3.05, 3.63) is 47.8 Å². The molecular weight excluding hydrogens is 238 g/mol. The molecule has 0 amide bonds. The number of methoxy groups -OCH3 is 1. The van der Waals surface area contributed by atoms with Crippen molar-refractivity contribution in [3.63, 3.8) is 0 Å². The highest BCUT2D eigenvalue weighted by Gasteiger charge is 2.19. The Kier molecular flexibility index (Phi) is 4.58. The van der Waals surface area contributed by atoms with Gasteiger partial charge in [-0.05, 0) is 25.1 Å². The normalized spacial score (nSPS) is 12.4. The van der Waals surface area contributed by atoms with Gasteiger partial charge in [-0.3, -0.25) is 4.68 Å². The average molecular weight is 259 g/mol. The Morgan fingerprint density at radius 2 is 2.11 bits per heavy atom. The zero-order valence-electron chi connectivity index (χ0n) is 11.8. The molecular formula is C15H21N3O. The van der Waals surface area contributed by atoms with Crippen molar-refractivity contribution in [2.45, 2.75) is 19.4 Å². The summed E-state index contributed by atoms with van der Waals surface area (Å²) in [5.74, 6) is 0.900. The molecule has 4 nitrogen and oxygen atoms in total. The molecule has 102 valence electrons. The van der Waals surface area contributed by atoms with Crippen LogP contribution in [0.4, 0.5) is 0 Å². The first kappa shape index (κ1) is 13.6. The van der Waals surface area contributed by atoms with Crippen LogP contribution in [0.15, 0.2) is 36.5 Å². The van der Waals surface area contributed by atoms with Crippen molar-refractivity contribution < 1.29 is 4.74 Å². The summed E-state index contributed by atoms with van der Waals surface area (Å²) >= 11 is 0. The largest absolute Gasteiger partial charge is 0.496 e. The third kappa shape index (κ3) is 2.96. The molecule has 0 saturated heterocycles. The van der Waals surface area contributed by atoms with Crippen molar-refractivity contribution in [3.8, 4) is 5.75 Å². The topological polar surface area (TPSA) is 39.1 Å². The van der Waals surface area contributed by atoms with E-state index in [0.29, 0.717) is 0 Å². The minimum absolute atomic E-state index is 0.101. The van der Waals surface area contributed by atoms with Gasteiger partial charge in [-0.25, -0.2) is 0 Å². The molecule has 1 aromatic carbocycles. The first-order chi connectivity index (χ1) is 9.27. The molecule has 0 saturated carbocycles. The van der Waals surface area contributed by atoms with Gasteiger partial charge >= 0.3 is 0 Å². The van der Waals surface area contributed by atoms with E-state index in [4.69, 9.17) is 4.74 Å². The van der Waals surface area contributed by atoms with Gasteiger partial charge in [0, 0.05) is 18.8 Å². The minimum atomic E-state index is 0.101. The standard InChI is InChI=1S/C15H21N3O/c1-4-10-16-15(13-9-11-17-18(13)2)12-7-5-6-8-14(12)19-3/h5-9,11,15-16H,4,10H2,1-3H3. The molecule has 0 aliphatic carbocycles. The number of rotatable bonds is 6. The van der Waals surface area contributed by atoms with Gasteiger partial charge in [0.25, 0.3) is 0 Å². The van der Waals surface area contributed by atoms with Crippen LogP contribution in [0.2, 0.25) is 0 Å². The maximum atomic E-state index is 5.47. The van der Waals surface area contributed by atoms with Crippen molar-refractivity contribution in [1.29, 1.82) is 0 Å². The highest BCUT2D eigenvalue weighted by molar-refractivity contribution is 5.39. The Labute approximate surface area is 114 Å². The lowest BCUT2D eigenvalue weighted by Crippen LogP contribution is -2.25. The fourth-order valence-electron chi connectivity index (χ4n) is 2.23. The van der Waals surface area contributed by atoms with Crippen LogP contribution in [0.25, 0.3) is 0 Å². The van der Waals surface area contributed by atoms with Crippen LogP contribution in [-0.4, -0.2) is 23.4 Å². The molecule has 0 fully saturated rings. The Balaban J connectivity index is 2.40. The average Bonchev–Trinajstić information content (AvgIpc) is 2.86. The lowest BCUT2D eigenvalue weighted by Gasteiger charge is -2.21. The lowest BCUT2D eigenvalue weighted by molar-refractivity contribution is 0.402. The molecule has 1 heterocycles. The van der Waals surface area contributed by atoms with Gasteiger partial charge in [-0.2, -0.15) is 5.10 Å². The molecule has 4 heteroatoms. The number of nitrogens with one attached hydrogen (secondary N) is 1. The second-order valence-corrected chi connectivity index (χ2v) is 4.51. The summed E-state index contributed by atoms with van der Waals surface area (Å²) < 4.78 is 7.38. The van der Waals surface area contributed by atoms with Gasteiger partial charge in [0.1, 0.15) is 5.75 Å². The Morgan fingerprint density at radius 3 is 2.74 bits per heavy atom. The number of aryl methyl sites for hydroxylation is 1. The minimum Gasteiger partial charge on any atom is -0.496 e. The van der Waals surface area contributed by atoms with Crippen molar-refractivity contribution in [1.82, 2.24) is 15.1 Å². The van der Waals surface area contributed by atoms with Gasteiger partial charge in [0.15, 0.2) is 0 Å². The van der Waals surface area contributed by atoms with Gasteiger partial charge in [0.2, 0.25) is 0 Å². The van der Waals surface area contributed by atoms with Crippen molar-refractivity contribution in [2.75, 3.05) is 13.7 Å². The van der Waals surface area contributed by atoms with E-state index >= 15 is 0 Å². The van der Waals surface area contributed by atoms with Gasteiger partial charge < -0.3 is 10.1 Å². The summed E-state index contributed by atoms with van der Waals surface area (Å²) in [6, 6.07) is 10.3. The molecule has 2 aromatic rings. The number of ether oxygens (including phenoxy) is 1. The van der Waals surface area contributed by atoms with Crippen LogP contribution in [0.5, 0.6) is 5.75 Å². The summed E-state index contributed by atoms with van der Waals surface area (Å²) in [4.78, 5) is 0. The Bertz CT molecular complexity index is 522. The van der Waals surface area contributed by atoms with Gasteiger partial charge in [-0.15, -0.1) is 0 Å². The number of hydrogen-bond acceptors (Lipinski definition) is 3. The highest BCUT2D eigenvalue weighted by Crippen LogP contribution is 2.29. The maximum absolute atomic E-state index is 5.47. The summed E-state index contributed by atoms with van der Waals surface area (Å²) in [6.45, 7) is 3.11. The molecule has 0 aliphatic rings. The van der Waals surface area contributed by atoms with E-state index in [1.54, 1.807) is 7.11 Å². The zero-order chi connectivity index (χ0) is 13.7. The Hall–Kier alpha value is -1.81. The molecule has 1 N–H and O–H groups in total. The first-order valence-corrected chi connectivity index (χ1v) is 6.62. The number of benzene rings is 1. The maximum Gasteiger partial charge on any atom is 0.124 e. The van der Waals surface area contributed by atoms with Crippen molar-refractivity contribution >= 4 is 0 Å². The van der Waals surface area contributed by atoms with Gasteiger partial charge in [0.05, 0.1) is 18.8 Å². The first-order valence-electron chi connectivity index (χ1n) is 6.62. The number of para-hydroxylation sites is 1. The molecule has 0 spiro atoms.